The summed E-state index contributed by atoms with van der Waals surface area (Å²) in [4.78, 5) is 19.6. The molecule has 0 saturated carbocycles. The predicted molar refractivity (Wildman–Crippen MR) is 115 cm³/mol. The summed E-state index contributed by atoms with van der Waals surface area (Å²) in [6, 6.07) is 12.5. The highest BCUT2D eigenvalue weighted by Gasteiger charge is 2.22. The fraction of sp³-hybridized carbons (Fsp3) is 0.227. The molecule has 30 heavy (non-hydrogen) atoms. The Balaban J connectivity index is 1.60. The zero-order valence-corrected chi connectivity index (χ0v) is 17.7. The minimum absolute atomic E-state index is 0.138. The van der Waals surface area contributed by atoms with Crippen LogP contribution in [-0.2, 0) is 7.05 Å². The summed E-state index contributed by atoms with van der Waals surface area (Å²) in [6.45, 7) is 2.62. The molecule has 0 radical (unpaired) electrons. The quantitative estimate of drug-likeness (QED) is 0.460. The van der Waals surface area contributed by atoms with Gasteiger partial charge in [0.2, 0.25) is 0 Å². The first kappa shape index (κ1) is 20.0. The highest BCUT2D eigenvalue weighted by Crippen LogP contribution is 2.28. The molecule has 0 atom stereocenters. The van der Waals surface area contributed by atoms with Crippen molar-refractivity contribution in [2.75, 3.05) is 20.2 Å². The Bertz CT molecular complexity index is 1200. The van der Waals surface area contributed by atoms with Gasteiger partial charge < -0.3 is 14.1 Å². The van der Waals surface area contributed by atoms with Crippen LogP contribution in [0.15, 0.2) is 53.1 Å². The Kier molecular flexibility index (Phi) is 5.46. The van der Waals surface area contributed by atoms with Gasteiger partial charge in [0.1, 0.15) is 18.1 Å². The van der Waals surface area contributed by atoms with E-state index in [-0.39, 0.29) is 5.91 Å². The first-order chi connectivity index (χ1) is 14.4. The van der Waals surface area contributed by atoms with E-state index in [4.69, 9.17) is 20.8 Å². The van der Waals surface area contributed by atoms with E-state index >= 15 is 0 Å². The lowest BCUT2D eigenvalue weighted by Crippen LogP contribution is -2.31. The van der Waals surface area contributed by atoms with E-state index in [2.05, 4.69) is 10.1 Å². The number of ether oxygens (including phenoxy) is 1. The lowest BCUT2D eigenvalue weighted by molar-refractivity contribution is 0.0775. The third-order valence-corrected chi connectivity index (χ3v) is 5.05. The van der Waals surface area contributed by atoms with Gasteiger partial charge in [-0.3, -0.25) is 9.48 Å². The molecule has 0 N–H and O–H groups in total. The van der Waals surface area contributed by atoms with Gasteiger partial charge >= 0.3 is 0 Å². The molecular formula is C22H21ClN4O3. The van der Waals surface area contributed by atoms with Crippen molar-refractivity contribution in [1.29, 1.82) is 0 Å². The average Bonchev–Trinajstić information content (AvgIpc) is 3.35. The number of rotatable bonds is 6. The molecule has 0 fully saturated rings. The number of nitrogens with zero attached hydrogens (tertiary/aromatic N) is 4. The number of fused-ring (bicyclic) bond motifs is 1. The van der Waals surface area contributed by atoms with E-state index in [1.807, 2.05) is 32.2 Å². The minimum atomic E-state index is -0.138. The van der Waals surface area contributed by atoms with Crippen molar-refractivity contribution in [3.63, 3.8) is 0 Å². The van der Waals surface area contributed by atoms with Crippen LogP contribution in [-0.4, -0.2) is 45.8 Å². The lowest BCUT2D eigenvalue weighted by atomic mass is 10.1. The van der Waals surface area contributed by atoms with Gasteiger partial charge in [-0.15, -0.1) is 0 Å². The van der Waals surface area contributed by atoms with Crippen molar-refractivity contribution in [2.24, 2.45) is 7.05 Å². The zero-order valence-electron chi connectivity index (χ0n) is 16.9. The van der Waals surface area contributed by atoms with Crippen molar-refractivity contribution in [2.45, 2.75) is 6.92 Å². The maximum atomic E-state index is 13.3. The smallest absolute Gasteiger partial charge is 0.254 e. The fourth-order valence-corrected chi connectivity index (χ4v) is 3.51. The number of furan rings is 1. The molecule has 0 unspecified atom stereocenters. The summed E-state index contributed by atoms with van der Waals surface area (Å²) in [5.41, 5.74) is 2.50. The van der Waals surface area contributed by atoms with Crippen molar-refractivity contribution >= 4 is 28.5 Å². The monoisotopic (exact) mass is 424 g/mol. The Morgan fingerprint density at radius 2 is 2.10 bits per heavy atom. The van der Waals surface area contributed by atoms with Gasteiger partial charge in [-0.05, 0) is 43.3 Å². The Hall–Kier alpha value is -3.32. The molecule has 7 nitrogen and oxygen atoms in total. The molecule has 4 rings (SSSR count). The number of halogens is 1. The number of pyridine rings is 1. The van der Waals surface area contributed by atoms with E-state index in [1.54, 1.807) is 47.2 Å². The van der Waals surface area contributed by atoms with E-state index in [0.717, 1.165) is 11.1 Å². The normalized spacial score (nSPS) is 11.1. The van der Waals surface area contributed by atoms with E-state index in [1.165, 1.54) is 0 Å². The number of amides is 1. The molecule has 4 aromatic rings. The number of likely N-dealkylation sites (N-methyl/N-ethyl adjacent to an activating group) is 1. The summed E-state index contributed by atoms with van der Waals surface area (Å²) < 4.78 is 12.9. The van der Waals surface area contributed by atoms with Crippen LogP contribution >= 0.6 is 11.6 Å². The molecule has 0 saturated heterocycles. The number of hydrogen-bond donors (Lipinski definition) is 0. The number of hydrogen-bond acceptors (Lipinski definition) is 5. The van der Waals surface area contributed by atoms with Crippen LogP contribution < -0.4 is 4.74 Å². The molecule has 0 aliphatic carbocycles. The first-order valence-corrected chi connectivity index (χ1v) is 9.84. The van der Waals surface area contributed by atoms with Crippen molar-refractivity contribution in [3.05, 3.63) is 65.0 Å². The maximum absolute atomic E-state index is 13.3. The predicted octanol–water partition coefficient (Wildman–Crippen LogP) is 4.34. The number of carbonyl (C=O) groups is 1. The second kappa shape index (κ2) is 8.20. The summed E-state index contributed by atoms with van der Waals surface area (Å²) in [7, 11) is 3.55. The van der Waals surface area contributed by atoms with Gasteiger partial charge in [0, 0.05) is 19.1 Å². The third-order valence-electron chi connectivity index (χ3n) is 4.81. The molecule has 1 aromatic carbocycles. The molecule has 1 amide bonds. The van der Waals surface area contributed by atoms with Gasteiger partial charge in [0.25, 0.3) is 5.91 Å². The Labute approximate surface area is 178 Å². The summed E-state index contributed by atoms with van der Waals surface area (Å²) >= 11 is 5.98. The van der Waals surface area contributed by atoms with Crippen molar-refractivity contribution in [1.82, 2.24) is 19.7 Å². The summed E-state index contributed by atoms with van der Waals surface area (Å²) in [5.74, 6) is 1.12. The second-order valence-electron chi connectivity index (χ2n) is 6.97. The van der Waals surface area contributed by atoms with Crippen LogP contribution in [0.1, 0.15) is 16.1 Å². The lowest BCUT2D eigenvalue weighted by Gasteiger charge is -2.18. The van der Waals surface area contributed by atoms with Crippen LogP contribution in [0, 0.1) is 6.92 Å². The number of aromatic nitrogens is 3. The van der Waals surface area contributed by atoms with Crippen LogP contribution in [0.4, 0.5) is 0 Å². The molecule has 0 bridgehead atoms. The Morgan fingerprint density at radius 3 is 2.83 bits per heavy atom. The first-order valence-electron chi connectivity index (χ1n) is 9.46. The van der Waals surface area contributed by atoms with Gasteiger partial charge in [-0.1, -0.05) is 17.7 Å². The highest BCUT2D eigenvalue weighted by atomic mass is 35.5. The van der Waals surface area contributed by atoms with Crippen LogP contribution in [0.25, 0.3) is 22.5 Å². The molecule has 154 valence electrons. The van der Waals surface area contributed by atoms with Crippen molar-refractivity contribution in [3.8, 4) is 17.2 Å². The number of benzene rings is 1. The van der Waals surface area contributed by atoms with Crippen molar-refractivity contribution < 1.29 is 13.9 Å². The fourth-order valence-electron chi connectivity index (χ4n) is 3.33. The van der Waals surface area contributed by atoms with Crippen LogP contribution in [0.5, 0.6) is 5.75 Å². The van der Waals surface area contributed by atoms with E-state index < -0.39 is 0 Å². The molecule has 8 heteroatoms. The summed E-state index contributed by atoms with van der Waals surface area (Å²) in [5, 5.41) is 5.78. The largest absolute Gasteiger partial charge is 0.492 e. The third kappa shape index (κ3) is 3.89. The van der Waals surface area contributed by atoms with Gasteiger partial charge in [0.15, 0.2) is 11.4 Å². The Morgan fingerprint density at radius 1 is 1.27 bits per heavy atom. The number of aryl methyl sites for hydroxylation is 2. The standard InChI is InChI=1S/C22H21ClN4O3/c1-14-20-17(13-18(19-8-5-10-30-19)24-21(20)27(3)25-14)22(28)26(2)9-11-29-16-7-4-6-15(23)12-16/h4-8,10,12-13H,9,11H2,1-3H3. The van der Waals surface area contributed by atoms with E-state index in [9.17, 15) is 4.79 Å². The maximum Gasteiger partial charge on any atom is 0.254 e. The second-order valence-corrected chi connectivity index (χ2v) is 7.41. The molecule has 3 aromatic heterocycles. The zero-order chi connectivity index (χ0) is 21.3. The van der Waals surface area contributed by atoms with E-state index in [0.29, 0.717) is 46.6 Å². The molecule has 0 aliphatic rings. The van der Waals surface area contributed by atoms with Crippen LogP contribution in [0.3, 0.4) is 0 Å². The molecular weight excluding hydrogens is 404 g/mol. The molecule has 3 heterocycles. The summed E-state index contributed by atoms with van der Waals surface area (Å²) in [6.07, 6.45) is 1.58. The topological polar surface area (TPSA) is 73.4 Å². The number of carbonyl (C=O) groups excluding carboxylic acids is 1. The minimum Gasteiger partial charge on any atom is -0.492 e. The average molecular weight is 425 g/mol. The van der Waals surface area contributed by atoms with Crippen LogP contribution in [0.2, 0.25) is 5.02 Å². The highest BCUT2D eigenvalue weighted by molar-refractivity contribution is 6.30. The molecule has 0 aliphatic heterocycles. The molecule has 0 spiro atoms. The SMILES string of the molecule is Cc1nn(C)c2nc(-c3ccco3)cc(C(=O)N(C)CCOc3cccc(Cl)c3)c12. The van der Waals surface area contributed by atoms with Gasteiger partial charge in [-0.2, -0.15) is 5.10 Å². The van der Waals surface area contributed by atoms with Gasteiger partial charge in [-0.25, -0.2) is 4.98 Å². The van der Waals surface area contributed by atoms with Gasteiger partial charge in [0.05, 0.1) is 29.5 Å².